The summed E-state index contributed by atoms with van der Waals surface area (Å²) in [6, 6.07) is 8.87. The third-order valence-electron chi connectivity index (χ3n) is 3.48. The first-order valence-electron chi connectivity index (χ1n) is 7.33. The van der Waals surface area contributed by atoms with E-state index in [1.807, 2.05) is 0 Å². The van der Waals surface area contributed by atoms with Crippen LogP contribution in [0.15, 0.2) is 24.3 Å². The number of anilines is 1. The summed E-state index contributed by atoms with van der Waals surface area (Å²) in [4.78, 5) is 4.80. The number of nitrogens with zero attached hydrogens (tertiary/aromatic N) is 1. The molecule has 0 saturated carbocycles. The van der Waals surface area contributed by atoms with Gasteiger partial charge in [-0.25, -0.2) is 4.98 Å². The van der Waals surface area contributed by atoms with Crippen molar-refractivity contribution in [3.8, 4) is 0 Å². The molecule has 19 heavy (non-hydrogen) atoms. The van der Waals surface area contributed by atoms with Gasteiger partial charge in [0.1, 0.15) is 5.82 Å². The third kappa shape index (κ3) is 3.06. The molecule has 2 nitrogen and oxygen atoms in total. The zero-order chi connectivity index (χ0) is 13.8. The molecule has 0 amide bonds. The second-order valence-corrected chi connectivity index (χ2v) is 5.39. The van der Waals surface area contributed by atoms with Gasteiger partial charge in [0.25, 0.3) is 0 Å². The van der Waals surface area contributed by atoms with Gasteiger partial charge in [-0.1, -0.05) is 33.8 Å². The molecule has 0 aliphatic carbocycles. The van der Waals surface area contributed by atoms with Gasteiger partial charge in [-0.15, -0.1) is 0 Å². The van der Waals surface area contributed by atoms with Gasteiger partial charge in [-0.05, 0) is 48.1 Å². The summed E-state index contributed by atoms with van der Waals surface area (Å²) in [6.07, 6.45) is 2.19. The summed E-state index contributed by atoms with van der Waals surface area (Å²) in [5, 5.41) is 4.71. The molecule has 1 N–H and O–H groups in total. The molecule has 0 aliphatic rings. The second kappa shape index (κ2) is 6.05. The fourth-order valence-electron chi connectivity index (χ4n) is 2.29. The number of aromatic nitrogens is 1. The van der Waals surface area contributed by atoms with E-state index in [9.17, 15) is 0 Å². The quantitative estimate of drug-likeness (QED) is 0.835. The zero-order valence-electron chi connectivity index (χ0n) is 12.5. The lowest BCUT2D eigenvalue weighted by Crippen LogP contribution is -2.06. The molecule has 1 aromatic heterocycles. The van der Waals surface area contributed by atoms with Crippen molar-refractivity contribution in [2.45, 2.75) is 46.5 Å². The summed E-state index contributed by atoms with van der Waals surface area (Å²) < 4.78 is 0. The van der Waals surface area contributed by atoms with Crippen molar-refractivity contribution in [3.63, 3.8) is 0 Å². The van der Waals surface area contributed by atoms with Gasteiger partial charge in [-0.2, -0.15) is 0 Å². The van der Waals surface area contributed by atoms with Crippen molar-refractivity contribution in [2.75, 3.05) is 11.9 Å². The van der Waals surface area contributed by atoms with Crippen molar-refractivity contribution >= 4 is 16.7 Å². The van der Waals surface area contributed by atoms with Crippen LogP contribution in [0.25, 0.3) is 10.9 Å². The minimum atomic E-state index is 0.488. The highest BCUT2D eigenvalue weighted by Crippen LogP contribution is 2.27. The summed E-state index contributed by atoms with van der Waals surface area (Å²) in [6.45, 7) is 9.80. The van der Waals surface area contributed by atoms with Crippen LogP contribution in [0.3, 0.4) is 0 Å². The van der Waals surface area contributed by atoms with E-state index in [0.717, 1.165) is 30.7 Å². The Kier molecular flexibility index (Phi) is 4.41. The van der Waals surface area contributed by atoms with Crippen LogP contribution in [0.5, 0.6) is 0 Å². The molecule has 0 unspecified atom stereocenters. The zero-order valence-corrected chi connectivity index (χ0v) is 12.5. The van der Waals surface area contributed by atoms with Crippen LogP contribution in [-0.4, -0.2) is 11.5 Å². The van der Waals surface area contributed by atoms with Crippen LogP contribution in [-0.2, 0) is 6.42 Å². The van der Waals surface area contributed by atoms with E-state index in [4.69, 9.17) is 4.98 Å². The van der Waals surface area contributed by atoms with Crippen molar-refractivity contribution in [2.24, 2.45) is 0 Å². The Balaban J connectivity index is 2.51. The predicted octanol–water partition coefficient (Wildman–Crippen LogP) is 4.74. The molecule has 0 fully saturated rings. The molecule has 102 valence electrons. The second-order valence-electron chi connectivity index (χ2n) is 5.39. The molecule has 0 atom stereocenters. The first-order chi connectivity index (χ1) is 9.15. The van der Waals surface area contributed by atoms with Gasteiger partial charge in [0, 0.05) is 11.9 Å². The Hall–Kier alpha value is -1.57. The molecule has 0 radical (unpaired) electrons. The minimum Gasteiger partial charge on any atom is -0.370 e. The van der Waals surface area contributed by atoms with Gasteiger partial charge in [0.15, 0.2) is 0 Å². The number of nitrogens with one attached hydrogen (secondary N) is 1. The molecular formula is C17H24N2. The summed E-state index contributed by atoms with van der Waals surface area (Å²) >= 11 is 0. The Morgan fingerprint density at radius 1 is 1.16 bits per heavy atom. The topological polar surface area (TPSA) is 24.9 Å². The van der Waals surface area contributed by atoms with Gasteiger partial charge in [0.2, 0.25) is 0 Å². The Labute approximate surface area is 116 Å². The monoisotopic (exact) mass is 256 g/mol. The van der Waals surface area contributed by atoms with Crippen molar-refractivity contribution in [3.05, 3.63) is 35.4 Å². The van der Waals surface area contributed by atoms with E-state index < -0.39 is 0 Å². The van der Waals surface area contributed by atoms with E-state index >= 15 is 0 Å². The number of hydrogen-bond donors (Lipinski definition) is 1. The lowest BCUT2D eigenvalue weighted by atomic mass is 10.0. The molecular weight excluding hydrogens is 232 g/mol. The fourth-order valence-corrected chi connectivity index (χ4v) is 2.29. The summed E-state index contributed by atoms with van der Waals surface area (Å²) in [5.41, 5.74) is 3.77. The largest absolute Gasteiger partial charge is 0.370 e. The molecule has 0 spiro atoms. The molecule has 1 aromatic carbocycles. The molecule has 1 heterocycles. The number of hydrogen-bond acceptors (Lipinski definition) is 2. The standard InChI is InChI=1S/C17H24N2/c1-5-9-18-17-15(12(3)4)11-14-10-13(6-2)7-8-16(14)19-17/h7-8,10-12H,5-6,9H2,1-4H3,(H,18,19). The first kappa shape index (κ1) is 13.9. The highest BCUT2D eigenvalue weighted by molar-refractivity contribution is 5.82. The van der Waals surface area contributed by atoms with Gasteiger partial charge in [0.05, 0.1) is 5.52 Å². The maximum atomic E-state index is 4.80. The molecule has 2 aromatic rings. The fraction of sp³-hybridized carbons (Fsp3) is 0.471. The Morgan fingerprint density at radius 3 is 2.58 bits per heavy atom. The lowest BCUT2D eigenvalue weighted by Gasteiger charge is -2.15. The number of pyridine rings is 1. The van der Waals surface area contributed by atoms with E-state index in [2.05, 4.69) is 57.3 Å². The van der Waals surface area contributed by atoms with Crippen LogP contribution >= 0.6 is 0 Å². The highest BCUT2D eigenvalue weighted by Gasteiger charge is 2.10. The van der Waals surface area contributed by atoms with Gasteiger partial charge >= 0.3 is 0 Å². The first-order valence-corrected chi connectivity index (χ1v) is 7.33. The molecule has 0 saturated heterocycles. The van der Waals surface area contributed by atoms with Crippen LogP contribution in [0, 0.1) is 0 Å². The third-order valence-corrected chi connectivity index (χ3v) is 3.48. The Bertz CT molecular complexity index is 558. The average Bonchev–Trinajstić information content (AvgIpc) is 2.43. The minimum absolute atomic E-state index is 0.488. The van der Waals surface area contributed by atoms with Crippen LogP contribution in [0.1, 0.15) is 51.2 Å². The number of aryl methyl sites for hydroxylation is 1. The van der Waals surface area contributed by atoms with Crippen LogP contribution < -0.4 is 5.32 Å². The molecule has 2 heteroatoms. The average molecular weight is 256 g/mol. The normalized spacial score (nSPS) is 11.2. The highest BCUT2D eigenvalue weighted by atomic mass is 15.0. The van der Waals surface area contributed by atoms with E-state index in [1.165, 1.54) is 16.5 Å². The van der Waals surface area contributed by atoms with Gasteiger partial charge < -0.3 is 5.32 Å². The maximum Gasteiger partial charge on any atom is 0.130 e. The van der Waals surface area contributed by atoms with Crippen molar-refractivity contribution in [1.29, 1.82) is 0 Å². The van der Waals surface area contributed by atoms with Crippen molar-refractivity contribution in [1.82, 2.24) is 4.98 Å². The van der Waals surface area contributed by atoms with Crippen LogP contribution in [0.2, 0.25) is 0 Å². The number of benzene rings is 1. The smallest absolute Gasteiger partial charge is 0.130 e. The summed E-state index contributed by atoms with van der Waals surface area (Å²) in [7, 11) is 0. The molecule has 2 rings (SSSR count). The lowest BCUT2D eigenvalue weighted by molar-refractivity contribution is 0.856. The van der Waals surface area contributed by atoms with Crippen LogP contribution in [0.4, 0.5) is 5.82 Å². The van der Waals surface area contributed by atoms with E-state index in [-0.39, 0.29) is 0 Å². The van der Waals surface area contributed by atoms with Gasteiger partial charge in [-0.3, -0.25) is 0 Å². The van der Waals surface area contributed by atoms with Crippen molar-refractivity contribution < 1.29 is 0 Å². The Morgan fingerprint density at radius 2 is 1.95 bits per heavy atom. The predicted molar refractivity (Wildman–Crippen MR) is 84.0 cm³/mol. The number of rotatable bonds is 5. The molecule has 0 aliphatic heterocycles. The number of fused-ring (bicyclic) bond motifs is 1. The summed E-state index contributed by atoms with van der Waals surface area (Å²) in [5.74, 6) is 1.54. The van der Waals surface area contributed by atoms with E-state index in [1.54, 1.807) is 0 Å². The van der Waals surface area contributed by atoms with E-state index in [0.29, 0.717) is 5.92 Å². The SMILES string of the molecule is CCCNc1nc2ccc(CC)cc2cc1C(C)C. The molecule has 0 bridgehead atoms. The maximum absolute atomic E-state index is 4.80.